The zero-order chi connectivity index (χ0) is 15.2. The Morgan fingerprint density at radius 2 is 2.14 bits per heavy atom. The number of carbonyl (C=O) groups excluding carboxylic acids is 2. The molecule has 2 rings (SSSR count). The zero-order valence-electron chi connectivity index (χ0n) is 12.4. The van der Waals surface area contributed by atoms with Gasteiger partial charge in [-0.1, -0.05) is 0 Å². The van der Waals surface area contributed by atoms with Crippen LogP contribution in [-0.4, -0.2) is 54.0 Å². The Labute approximate surface area is 124 Å². The van der Waals surface area contributed by atoms with E-state index in [1.54, 1.807) is 19.5 Å². The Morgan fingerprint density at radius 3 is 2.76 bits per heavy atom. The summed E-state index contributed by atoms with van der Waals surface area (Å²) in [6, 6.07) is 3.89. The van der Waals surface area contributed by atoms with Crippen LogP contribution < -0.4 is 5.32 Å². The molecule has 0 radical (unpaired) electrons. The second-order valence-electron chi connectivity index (χ2n) is 5.19. The highest BCUT2D eigenvalue weighted by Crippen LogP contribution is 2.23. The number of ether oxygens (including phenoxy) is 1. The minimum Gasteiger partial charge on any atom is -0.379 e. The van der Waals surface area contributed by atoms with Crippen LogP contribution in [0.25, 0.3) is 0 Å². The minimum absolute atomic E-state index is 0.00124. The smallest absolute Gasteiger partial charge is 0.242 e. The zero-order valence-corrected chi connectivity index (χ0v) is 12.4. The van der Waals surface area contributed by atoms with E-state index in [9.17, 15) is 9.59 Å². The second-order valence-corrected chi connectivity index (χ2v) is 5.19. The van der Waals surface area contributed by atoms with Gasteiger partial charge in [0.2, 0.25) is 11.8 Å². The minimum atomic E-state index is -0.198. The van der Waals surface area contributed by atoms with E-state index in [2.05, 4.69) is 10.3 Å². The standard InChI is InChI=1S/C15H21N3O3/c1-11(19)17-10-15(20)18-8-5-14(21-2)13(18)9-12-3-6-16-7-4-12/h3-4,6-7,13-14H,5,8-10H2,1-2H3,(H,17,19)/t13-,14-/m0/s1. The van der Waals surface area contributed by atoms with Gasteiger partial charge in [0.05, 0.1) is 18.7 Å². The Kier molecular flexibility index (Phi) is 5.27. The van der Waals surface area contributed by atoms with E-state index in [1.165, 1.54) is 6.92 Å². The molecule has 1 N–H and O–H groups in total. The van der Waals surface area contributed by atoms with Crippen molar-refractivity contribution in [2.24, 2.45) is 0 Å². The van der Waals surface area contributed by atoms with Gasteiger partial charge in [-0.2, -0.15) is 0 Å². The first kappa shape index (κ1) is 15.4. The lowest BCUT2D eigenvalue weighted by molar-refractivity contribution is -0.134. The van der Waals surface area contributed by atoms with E-state index < -0.39 is 0 Å². The molecule has 0 bridgehead atoms. The summed E-state index contributed by atoms with van der Waals surface area (Å²) in [6.45, 7) is 2.11. The third-order valence-electron chi connectivity index (χ3n) is 3.79. The molecule has 6 heteroatoms. The number of nitrogens with one attached hydrogen (secondary N) is 1. The number of nitrogens with zero attached hydrogens (tertiary/aromatic N) is 2. The third kappa shape index (κ3) is 4.01. The number of amides is 2. The first-order valence-electron chi connectivity index (χ1n) is 7.07. The highest BCUT2D eigenvalue weighted by molar-refractivity contribution is 5.84. The molecular weight excluding hydrogens is 270 g/mol. The van der Waals surface area contributed by atoms with Gasteiger partial charge >= 0.3 is 0 Å². The molecule has 1 aliphatic heterocycles. The molecule has 1 fully saturated rings. The van der Waals surface area contributed by atoms with E-state index >= 15 is 0 Å². The third-order valence-corrected chi connectivity index (χ3v) is 3.79. The molecule has 2 atom stereocenters. The van der Waals surface area contributed by atoms with E-state index in [4.69, 9.17) is 4.74 Å². The van der Waals surface area contributed by atoms with Gasteiger partial charge in [0, 0.05) is 33.0 Å². The predicted octanol–water partition coefficient (Wildman–Crippen LogP) is 0.376. The fraction of sp³-hybridized carbons (Fsp3) is 0.533. The Bertz CT molecular complexity index is 492. The normalized spacial score (nSPS) is 21.3. The van der Waals surface area contributed by atoms with Gasteiger partial charge in [0.1, 0.15) is 0 Å². The molecule has 1 aliphatic rings. The van der Waals surface area contributed by atoms with Crippen LogP contribution in [0.5, 0.6) is 0 Å². The number of hydrogen-bond donors (Lipinski definition) is 1. The number of aromatic nitrogens is 1. The van der Waals surface area contributed by atoms with Gasteiger partial charge < -0.3 is 15.0 Å². The lowest BCUT2D eigenvalue weighted by atomic mass is 10.0. The maximum Gasteiger partial charge on any atom is 0.242 e. The van der Waals surface area contributed by atoms with Crippen molar-refractivity contribution in [3.8, 4) is 0 Å². The van der Waals surface area contributed by atoms with Crippen LogP contribution in [-0.2, 0) is 20.7 Å². The lowest BCUT2D eigenvalue weighted by Gasteiger charge is -2.28. The summed E-state index contributed by atoms with van der Waals surface area (Å²) in [7, 11) is 1.67. The molecule has 0 aromatic carbocycles. The molecule has 0 aliphatic carbocycles. The molecule has 1 aromatic rings. The molecule has 6 nitrogen and oxygen atoms in total. The molecule has 1 aromatic heterocycles. The maximum absolute atomic E-state index is 12.3. The van der Waals surface area contributed by atoms with Gasteiger partial charge in [-0.25, -0.2) is 0 Å². The molecule has 0 spiro atoms. The lowest BCUT2D eigenvalue weighted by Crippen LogP contribution is -2.45. The Morgan fingerprint density at radius 1 is 1.43 bits per heavy atom. The molecule has 0 saturated carbocycles. The topological polar surface area (TPSA) is 71.5 Å². The number of rotatable bonds is 5. The average Bonchev–Trinajstić information content (AvgIpc) is 2.88. The van der Waals surface area contributed by atoms with E-state index in [0.717, 1.165) is 18.4 Å². The van der Waals surface area contributed by atoms with Crippen LogP contribution in [0.1, 0.15) is 18.9 Å². The van der Waals surface area contributed by atoms with E-state index in [-0.39, 0.29) is 30.5 Å². The summed E-state index contributed by atoms with van der Waals surface area (Å²) >= 11 is 0. The van der Waals surface area contributed by atoms with Crippen molar-refractivity contribution in [3.05, 3.63) is 30.1 Å². The Balaban J connectivity index is 2.05. The summed E-state index contributed by atoms with van der Waals surface area (Å²) in [5.41, 5.74) is 1.12. The van der Waals surface area contributed by atoms with Crippen LogP contribution in [0.3, 0.4) is 0 Å². The van der Waals surface area contributed by atoms with Crippen molar-refractivity contribution in [1.29, 1.82) is 0 Å². The predicted molar refractivity (Wildman–Crippen MR) is 77.5 cm³/mol. The quantitative estimate of drug-likeness (QED) is 0.851. The molecular formula is C15H21N3O3. The number of hydrogen-bond acceptors (Lipinski definition) is 4. The largest absolute Gasteiger partial charge is 0.379 e. The average molecular weight is 291 g/mol. The van der Waals surface area contributed by atoms with Gasteiger partial charge in [0.15, 0.2) is 0 Å². The summed E-state index contributed by atoms with van der Waals surface area (Å²) in [4.78, 5) is 29.0. The molecule has 0 unspecified atom stereocenters. The number of carbonyl (C=O) groups is 2. The number of pyridine rings is 1. The number of likely N-dealkylation sites (tertiary alicyclic amines) is 1. The Hall–Kier alpha value is -1.95. The maximum atomic E-state index is 12.3. The fourth-order valence-electron chi connectivity index (χ4n) is 2.71. The number of methoxy groups -OCH3 is 1. The summed E-state index contributed by atoms with van der Waals surface area (Å²) in [5.74, 6) is -0.264. The van der Waals surface area contributed by atoms with Crippen LogP contribution in [0.4, 0.5) is 0 Å². The second kappa shape index (κ2) is 7.17. The van der Waals surface area contributed by atoms with Gasteiger partial charge in [-0.3, -0.25) is 14.6 Å². The van der Waals surface area contributed by atoms with Crippen molar-refractivity contribution in [3.63, 3.8) is 0 Å². The van der Waals surface area contributed by atoms with Gasteiger partial charge in [-0.05, 0) is 30.5 Å². The van der Waals surface area contributed by atoms with Crippen molar-refractivity contribution >= 4 is 11.8 Å². The first-order chi connectivity index (χ1) is 10.1. The van der Waals surface area contributed by atoms with Crippen LogP contribution in [0.15, 0.2) is 24.5 Å². The summed E-state index contributed by atoms with van der Waals surface area (Å²) in [6.07, 6.45) is 5.06. The highest BCUT2D eigenvalue weighted by atomic mass is 16.5. The molecule has 1 saturated heterocycles. The molecule has 21 heavy (non-hydrogen) atoms. The summed E-state index contributed by atoms with van der Waals surface area (Å²) < 4.78 is 5.51. The monoisotopic (exact) mass is 291 g/mol. The van der Waals surface area contributed by atoms with Gasteiger partial charge in [-0.15, -0.1) is 0 Å². The highest BCUT2D eigenvalue weighted by Gasteiger charge is 2.36. The molecule has 114 valence electrons. The molecule has 2 amide bonds. The van der Waals surface area contributed by atoms with Crippen molar-refractivity contribution in [1.82, 2.24) is 15.2 Å². The van der Waals surface area contributed by atoms with E-state index in [1.807, 2.05) is 17.0 Å². The van der Waals surface area contributed by atoms with Crippen molar-refractivity contribution < 1.29 is 14.3 Å². The summed E-state index contributed by atoms with van der Waals surface area (Å²) in [5, 5.41) is 2.56. The molecule has 2 heterocycles. The van der Waals surface area contributed by atoms with E-state index in [0.29, 0.717) is 6.54 Å². The van der Waals surface area contributed by atoms with Crippen LogP contribution in [0, 0.1) is 0 Å². The van der Waals surface area contributed by atoms with Crippen LogP contribution >= 0.6 is 0 Å². The first-order valence-corrected chi connectivity index (χ1v) is 7.07. The van der Waals surface area contributed by atoms with Crippen molar-refractivity contribution in [2.75, 3.05) is 20.2 Å². The van der Waals surface area contributed by atoms with Crippen LogP contribution in [0.2, 0.25) is 0 Å². The SMILES string of the molecule is CO[C@H]1CCN(C(=O)CNC(C)=O)[C@H]1Cc1ccncc1. The fourth-order valence-corrected chi connectivity index (χ4v) is 2.71. The van der Waals surface area contributed by atoms with Crippen molar-refractivity contribution in [2.45, 2.75) is 31.9 Å². The van der Waals surface area contributed by atoms with Gasteiger partial charge in [0.25, 0.3) is 0 Å².